The second-order valence-electron chi connectivity index (χ2n) is 10.9. The number of carbonyl (C=O) groups is 2. The van der Waals surface area contributed by atoms with Gasteiger partial charge in [0.2, 0.25) is 5.79 Å². The van der Waals surface area contributed by atoms with Crippen LogP contribution in [-0.4, -0.2) is 29.9 Å². The lowest BCUT2D eigenvalue weighted by Gasteiger charge is -2.55. The van der Waals surface area contributed by atoms with Crippen molar-refractivity contribution in [1.29, 1.82) is 0 Å². The molecule has 4 fully saturated rings. The number of carbonyl (C=O) groups excluding carboxylic acids is 2. The molecule has 0 spiro atoms. The number of fused-ring (bicyclic) bond motifs is 7. The summed E-state index contributed by atoms with van der Waals surface area (Å²) < 4.78 is 32.6. The van der Waals surface area contributed by atoms with Gasteiger partial charge in [0.25, 0.3) is 0 Å². The largest absolute Gasteiger partial charge is 0.464 e. The SMILES string of the molecule is C[C@@]1(c2ccco2)O[C@@H]2C[C@H]3[C@@H]4CCC5=CC(=O)CC[C@@H]5[C@H]4CC[C@]3(C)[C@]2(C(=O)C[18F])O1. The van der Waals surface area contributed by atoms with Crippen LogP contribution in [0.15, 0.2) is 34.5 Å². The highest BCUT2D eigenvalue weighted by atomic mass is 18.2. The van der Waals surface area contributed by atoms with Gasteiger partial charge in [-0.2, -0.15) is 0 Å². The Morgan fingerprint density at radius 2 is 2.03 bits per heavy atom. The number of Topliss-reactive ketones (excluding diaryl/α,β-unsaturated/α-hetero) is 1. The van der Waals surface area contributed by atoms with Gasteiger partial charge in [0.15, 0.2) is 29.6 Å². The van der Waals surface area contributed by atoms with Crippen molar-refractivity contribution in [1.82, 2.24) is 0 Å². The predicted octanol–water partition coefficient (Wildman–Crippen LogP) is 4.90. The standard InChI is InChI=1S/C26H31FO5/c1-24-10-9-18-17-8-6-16(28)12-15(17)5-7-19(18)20(24)13-23-26(24,21(29)14-27)32-25(2,31-23)22-4-3-11-30-22/h3-4,11-12,17-20,23H,5-10,13-14H2,1-2H3/t17-,18+,19+,20-,23+,24-,25+,26+/m0/s1/i27-1. The van der Waals surface area contributed by atoms with Gasteiger partial charge in [0, 0.05) is 11.8 Å². The van der Waals surface area contributed by atoms with Crippen molar-refractivity contribution >= 4 is 11.6 Å². The fourth-order valence-electron chi connectivity index (χ4n) is 8.38. The van der Waals surface area contributed by atoms with Crippen LogP contribution in [0.5, 0.6) is 0 Å². The van der Waals surface area contributed by atoms with Crippen LogP contribution in [0.2, 0.25) is 0 Å². The third-order valence-corrected chi connectivity index (χ3v) is 9.69. The first-order chi connectivity index (χ1) is 15.3. The Balaban J connectivity index is 1.38. The van der Waals surface area contributed by atoms with E-state index in [1.54, 1.807) is 25.3 Å². The molecule has 8 atom stereocenters. The number of ketones is 2. The maximum Gasteiger partial charge on any atom is 0.226 e. The van der Waals surface area contributed by atoms with E-state index in [1.807, 2.05) is 6.08 Å². The zero-order valence-electron chi connectivity index (χ0n) is 18.8. The summed E-state index contributed by atoms with van der Waals surface area (Å²) in [6.45, 7) is 2.86. The van der Waals surface area contributed by atoms with E-state index in [0.29, 0.717) is 36.4 Å². The van der Waals surface area contributed by atoms with Crippen molar-refractivity contribution in [2.24, 2.45) is 29.1 Å². The molecule has 6 heteroatoms. The molecule has 5 nitrogen and oxygen atoms in total. The highest BCUT2D eigenvalue weighted by Gasteiger charge is 2.76. The minimum Gasteiger partial charge on any atom is -0.464 e. The van der Waals surface area contributed by atoms with Gasteiger partial charge in [-0.1, -0.05) is 12.5 Å². The second kappa shape index (κ2) is 6.86. The van der Waals surface area contributed by atoms with Gasteiger partial charge in [-0.05, 0) is 87.3 Å². The van der Waals surface area contributed by atoms with E-state index in [1.165, 1.54) is 5.57 Å². The van der Waals surface area contributed by atoms with Gasteiger partial charge in [-0.15, -0.1) is 0 Å². The molecule has 2 heterocycles. The van der Waals surface area contributed by atoms with Crippen molar-refractivity contribution in [3.05, 3.63) is 35.8 Å². The lowest BCUT2D eigenvalue weighted by molar-refractivity contribution is -0.234. The molecule has 0 N–H and O–H groups in total. The van der Waals surface area contributed by atoms with Crippen molar-refractivity contribution in [2.75, 3.05) is 6.67 Å². The third-order valence-electron chi connectivity index (χ3n) is 9.69. The summed E-state index contributed by atoms with van der Waals surface area (Å²) in [5.41, 5.74) is -0.452. The van der Waals surface area contributed by atoms with Crippen LogP contribution < -0.4 is 0 Å². The van der Waals surface area contributed by atoms with Crippen molar-refractivity contribution < 1.29 is 27.9 Å². The minimum atomic E-state index is -1.29. The summed E-state index contributed by atoms with van der Waals surface area (Å²) >= 11 is 0. The molecule has 0 amide bonds. The molecule has 0 unspecified atom stereocenters. The number of hydrogen-bond acceptors (Lipinski definition) is 5. The molecule has 32 heavy (non-hydrogen) atoms. The second-order valence-corrected chi connectivity index (χ2v) is 10.9. The van der Waals surface area contributed by atoms with Gasteiger partial charge in [0.05, 0.1) is 12.4 Å². The van der Waals surface area contributed by atoms with Crippen LogP contribution in [0.25, 0.3) is 0 Å². The molecule has 3 saturated carbocycles. The molecule has 1 saturated heterocycles. The van der Waals surface area contributed by atoms with Gasteiger partial charge in [0.1, 0.15) is 0 Å². The monoisotopic (exact) mass is 441 g/mol. The Labute approximate surface area is 187 Å². The Morgan fingerprint density at radius 3 is 2.78 bits per heavy atom. The molecule has 0 bridgehead atoms. The van der Waals surface area contributed by atoms with E-state index in [0.717, 1.165) is 32.1 Å². The minimum absolute atomic E-state index is 0.238. The van der Waals surface area contributed by atoms with E-state index in [2.05, 4.69) is 6.92 Å². The molecule has 5 aliphatic rings. The number of allylic oxidation sites excluding steroid dienone is 1. The molecule has 1 aromatic heterocycles. The van der Waals surface area contributed by atoms with Gasteiger partial charge in [-0.25, -0.2) is 4.39 Å². The molecule has 1 aliphatic heterocycles. The third kappa shape index (κ3) is 2.51. The molecule has 1 aromatic rings. The summed E-state index contributed by atoms with van der Waals surface area (Å²) in [6, 6.07) is 3.55. The molecular formula is C26H31FO5. The summed E-state index contributed by atoms with van der Waals surface area (Å²) in [7, 11) is 0. The smallest absolute Gasteiger partial charge is 0.226 e. The van der Waals surface area contributed by atoms with Crippen molar-refractivity contribution in [3.8, 4) is 0 Å². The first-order valence-corrected chi connectivity index (χ1v) is 12.1. The highest BCUT2D eigenvalue weighted by molar-refractivity contribution is 5.92. The number of hydrogen-bond donors (Lipinski definition) is 0. The topological polar surface area (TPSA) is 65.7 Å². The van der Waals surface area contributed by atoms with Gasteiger partial charge < -0.3 is 13.9 Å². The Kier molecular flexibility index (Phi) is 4.46. The first-order valence-electron chi connectivity index (χ1n) is 12.1. The quantitative estimate of drug-likeness (QED) is 0.668. The van der Waals surface area contributed by atoms with Crippen LogP contribution in [0.3, 0.4) is 0 Å². The zero-order valence-corrected chi connectivity index (χ0v) is 18.8. The Morgan fingerprint density at radius 1 is 1.19 bits per heavy atom. The van der Waals surface area contributed by atoms with Crippen LogP contribution in [0.1, 0.15) is 64.6 Å². The lowest BCUT2D eigenvalue weighted by Crippen LogP contribution is -2.60. The molecule has 4 aliphatic carbocycles. The number of furan rings is 1. The number of halogens is 1. The van der Waals surface area contributed by atoms with E-state index < -0.39 is 35.4 Å². The molecular weight excluding hydrogens is 410 g/mol. The highest BCUT2D eigenvalue weighted by Crippen LogP contribution is 2.69. The normalized spacial score (nSPS) is 47.3. The summed E-state index contributed by atoms with van der Waals surface area (Å²) in [5, 5.41) is 0. The van der Waals surface area contributed by atoms with E-state index in [4.69, 9.17) is 13.9 Å². The average Bonchev–Trinajstić information content (AvgIpc) is 3.47. The number of alkyl halides is 1. The fourth-order valence-corrected chi connectivity index (χ4v) is 8.38. The van der Waals surface area contributed by atoms with Crippen LogP contribution in [0.4, 0.5) is 4.39 Å². The van der Waals surface area contributed by atoms with Crippen LogP contribution in [-0.2, 0) is 24.8 Å². The predicted molar refractivity (Wildman–Crippen MR) is 113 cm³/mol. The van der Waals surface area contributed by atoms with E-state index >= 15 is 0 Å². The summed E-state index contributed by atoms with van der Waals surface area (Å²) in [5.74, 6) is 0.747. The van der Waals surface area contributed by atoms with Crippen LogP contribution in [0, 0.1) is 29.1 Å². The molecule has 0 aromatic carbocycles. The van der Waals surface area contributed by atoms with Crippen molar-refractivity contribution in [3.63, 3.8) is 0 Å². The summed E-state index contributed by atoms with van der Waals surface area (Å²) in [6.07, 6.45) is 8.99. The molecule has 172 valence electrons. The van der Waals surface area contributed by atoms with Crippen LogP contribution >= 0.6 is 0 Å². The van der Waals surface area contributed by atoms with Crippen molar-refractivity contribution in [2.45, 2.75) is 76.3 Å². The Hall–Kier alpha value is -1.79. The lowest BCUT2D eigenvalue weighted by atomic mass is 9.50. The van der Waals surface area contributed by atoms with E-state index in [-0.39, 0.29) is 11.7 Å². The number of ether oxygens (including phenoxy) is 2. The molecule has 6 rings (SSSR count). The van der Waals surface area contributed by atoms with Gasteiger partial charge in [-0.3, -0.25) is 9.59 Å². The Bertz CT molecular complexity index is 984. The van der Waals surface area contributed by atoms with Gasteiger partial charge >= 0.3 is 0 Å². The summed E-state index contributed by atoms with van der Waals surface area (Å²) in [4.78, 5) is 25.3. The first kappa shape index (κ1) is 20.8. The molecule has 0 radical (unpaired) electrons. The zero-order chi connectivity index (χ0) is 22.3. The number of rotatable bonds is 3. The maximum atomic E-state index is 14.0. The maximum absolute atomic E-state index is 14.0. The fraction of sp³-hybridized carbons (Fsp3) is 0.692. The van der Waals surface area contributed by atoms with E-state index in [9.17, 15) is 14.0 Å². The average molecular weight is 442 g/mol.